The highest BCUT2D eigenvalue weighted by Crippen LogP contribution is 2.36. The summed E-state index contributed by atoms with van der Waals surface area (Å²) in [6.45, 7) is 9.19. The molecule has 7 heteroatoms. The number of nitrogens with one attached hydrogen (secondary N) is 1. The monoisotopic (exact) mass is 385 g/mol. The number of fused-ring (bicyclic) bond motifs is 3. The van der Waals surface area contributed by atoms with E-state index in [1.165, 1.54) is 0 Å². The van der Waals surface area contributed by atoms with Crippen molar-refractivity contribution in [2.45, 2.75) is 53.5 Å². The molecule has 3 aromatic rings. The maximum atomic E-state index is 12.5. The lowest BCUT2D eigenvalue weighted by Crippen LogP contribution is -2.41. The largest absolute Gasteiger partial charge is 0.480 e. The molecule has 28 heavy (non-hydrogen) atoms. The quantitative estimate of drug-likeness (QED) is 0.652. The Bertz CT molecular complexity index is 1170. The Morgan fingerprint density at radius 2 is 1.79 bits per heavy atom. The summed E-state index contributed by atoms with van der Waals surface area (Å²) in [5.41, 5.74) is 3.18. The topological polar surface area (TPSA) is 110 Å². The van der Waals surface area contributed by atoms with Gasteiger partial charge >= 0.3 is 11.6 Å². The van der Waals surface area contributed by atoms with Gasteiger partial charge in [0.05, 0.1) is 17.4 Å². The molecular weight excluding hydrogens is 362 g/mol. The van der Waals surface area contributed by atoms with Crippen LogP contribution in [0.5, 0.6) is 0 Å². The second-order valence-electron chi connectivity index (χ2n) is 7.09. The molecule has 2 aromatic heterocycles. The van der Waals surface area contributed by atoms with Crippen LogP contribution in [0.15, 0.2) is 19.7 Å². The number of amides is 1. The van der Waals surface area contributed by atoms with Crippen LogP contribution in [0, 0.1) is 27.7 Å². The van der Waals surface area contributed by atoms with Crippen LogP contribution in [0.25, 0.3) is 21.9 Å². The zero-order chi connectivity index (χ0) is 20.7. The number of carbonyl (C=O) groups is 2. The molecule has 2 heterocycles. The van der Waals surface area contributed by atoms with E-state index < -0.39 is 23.5 Å². The molecule has 0 spiro atoms. The van der Waals surface area contributed by atoms with Crippen molar-refractivity contribution >= 4 is 33.8 Å². The van der Waals surface area contributed by atoms with Gasteiger partial charge in [-0.15, -0.1) is 0 Å². The molecule has 0 aliphatic rings. The third-order valence-electron chi connectivity index (χ3n) is 5.26. The second-order valence-corrected chi connectivity index (χ2v) is 7.09. The van der Waals surface area contributed by atoms with E-state index in [1.54, 1.807) is 19.9 Å². The number of furan rings is 1. The summed E-state index contributed by atoms with van der Waals surface area (Å²) in [6, 6.07) is 0.806. The van der Waals surface area contributed by atoms with E-state index in [1.807, 2.05) is 20.8 Å². The highest BCUT2D eigenvalue weighted by atomic mass is 16.4. The molecule has 0 saturated heterocycles. The van der Waals surface area contributed by atoms with Crippen LogP contribution in [0.4, 0.5) is 0 Å². The van der Waals surface area contributed by atoms with Gasteiger partial charge in [0.15, 0.2) is 0 Å². The van der Waals surface area contributed by atoms with Crippen LogP contribution in [-0.4, -0.2) is 23.0 Å². The van der Waals surface area contributed by atoms with Crippen molar-refractivity contribution in [1.82, 2.24) is 5.32 Å². The predicted molar refractivity (Wildman–Crippen MR) is 105 cm³/mol. The standard InChI is InChI=1S/C21H23NO6/c1-6-14(20(24)25)22-16(23)8-13-11(4)18-15(28-21(13)26)7-9(2)17-10(3)12(5)27-19(17)18/h7,14H,6,8H2,1-5H3,(H,22,23)(H,24,25)/t14-/m1/s1. The van der Waals surface area contributed by atoms with Gasteiger partial charge in [-0.25, -0.2) is 9.59 Å². The van der Waals surface area contributed by atoms with Crippen molar-refractivity contribution in [2.24, 2.45) is 0 Å². The average molecular weight is 385 g/mol. The third-order valence-corrected chi connectivity index (χ3v) is 5.26. The summed E-state index contributed by atoms with van der Waals surface area (Å²) in [5.74, 6) is -0.876. The number of carbonyl (C=O) groups excluding carboxylic acids is 1. The first-order valence-electron chi connectivity index (χ1n) is 9.13. The van der Waals surface area contributed by atoms with E-state index in [0.717, 1.165) is 22.3 Å². The molecule has 0 radical (unpaired) electrons. The molecule has 1 amide bonds. The molecule has 0 unspecified atom stereocenters. The normalized spacial score (nSPS) is 12.5. The van der Waals surface area contributed by atoms with Gasteiger partial charge in [0.25, 0.3) is 0 Å². The van der Waals surface area contributed by atoms with Crippen LogP contribution in [0.1, 0.15) is 41.4 Å². The number of aliphatic carboxylic acids is 1. The maximum absolute atomic E-state index is 12.5. The molecule has 0 saturated carbocycles. The Morgan fingerprint density at radius 1 is 1.11 bits per heavy atom. The van der Waals surface area contributed by atoms with Gasteiger partial charge in [-0.3, -0.25) is 4.79 Å². The summed E-state index contributed by atoms with van der Waals surface area (Å²) in [5, 5.41) is 13.2. The molecule has 148 valence electrons. The third kappa shape index (κ3) is 3.17. The lowest BCUT2D eigenvalue weighted by Gasteiger charge is -2.13. The van der Waals surface area contributed by atoms with E-state index in [-0.39, 0.29) is 18.4 Å². The van der Waals surface area contributed by atoms with Crippen molar-refractivity contribution in [3.63, 3.8) is 0 Å². The molecule has 7 nitrogen and oxygen atoms in total. The number of carboxylic acids is 1. The summed E-state index contributed by atoms with van der Waals surface area (Å²) in [4.78, 5) is 36.0. The van der Waals surface area contributed by atoms with Gasteiger partial charge < -0.3 is 19.3 Å². The molecule has 3 rings (SSSR count). The van der Waals surface area contributed by atoms with E-state index in [4.69, 9.17) is 13.9 Å². The van der Waals surface area contributed by atoms with Gasteiger partial charge in [-0.05, 0) is 56.9 Å². The number of hydrogen-bond acceptors (Lipinski definition) is 5. The first-order chi connectivity index (χ1) is 13.1. The second kappa shape index (κ2) is 7.14. The zero-order valence-corrected chi connectivity index (χ0v) is 16.6. The highest BCUT2D eigenvalue weighted by molar-refractivity contribution is 6.07. The highest BCUT2D eigenvalue weighted by Gasteiger charge is 2.23. The molecule has 1 aromatic carbocycles. The van der Waals surface area contributed by atoms with E-state index >= 15 is 0 Å². The van der Waals surface area contributed by atoms with Crippen molar-refractivity contribution in [3.05, 3.63) is 44.5 Å². The fraction of sp³-hybridized carbons (Fsp3) is 0.381. The molecule has 0 aliphatic carbocycles. The van der Waals surface area contributed by atoms with Gasteiger partial charge in [0.2, 0.25) is 5.91 Å². The zero-order valence-electron chi connectivity index (χ0n) is 16.6. The van der Waals surface area contributed by atoms with Gasteiger partial charge in [-0.2, -0.15) is 0 Å². The first-order valence-corrected chi connectivity index (χ1v) is 9.13. The minimum atomic E-state index is -1.11. The first kappa shape index (κ1) is 19.7. The van der Waals surface area contributed by atoms with E-state index in [9.17, 15) is 14.4 Å². The smallest absolute Gasteiger partial charge is 0.340 e. The van der Waals surface area contributed by atoms with Gasteiger partial charge in [-0.1, -0.05) is 6.92 Å². The molecule has 0 fully saturated rings. The molecule has 0 aliphatic heterocycles. The Labute approximate surface area is 161 Å². The number of benzene rings is 1. The average Bonchev–Trinajstić information content (AvgIpc) is 2.91. The lowest BCUT2D eigenvalue weighted by atomic mass is 9.98. The van der Waals surface area contributed by atoms with Gasteiger partial charge in [0.1, 0.15) is 23.0 Å². The minimum absolute atomic E-state index is 0.196. The van der Waals surface area contributed by atoms with Crippen LogP contribution in [0.3, 0.4) is 0 Å². The summed E-state index contributed by atoms with van der Waals surface area (Å²) < 4.78 is 11.4. The number of rotatable bonds is 5. The minimum Gasteiger partial charge on any atom is -0.480 e. The van der Waals surface area contributed by atoms with Crippen LogP contribution >= 0.6 is 0 Å². The van der Waals surface area contributed by atoms with Crippen molar-refractivity contribution < 1.29 is 23.5 Å². The predicted octanol–water partition coefficient (Wildman–Crippen LogP) is 3.29. The Morgan fingerprint density at radius 3 is 2.39 bits per heavy atom. The number of hydrogen-bond donors (Lipinski definition) is 2. The molecule has 2 N–H and O–H groups in total. The van der Waals surface area contributed by atoms with Crippen molar-refractivity contribution in [2.75, 3.05) is 0 Å². The molecular formula is C21H23NO6. The van der Waals surface area contributed by atoms with Gasteiger partial charge in [0, 0.05) is 5.39 Å². The number of aryl methyl sites for hydroxylation is 4. The lowest BCUT2D eigenvalue weighted by molar-refractivity contribution is -0.141. The maximum Gasteiger partial charge on any atom is 0.340 e. The van der Waals surface area contributed by atoms with Crippen molar-refractivity contribution in [1.29, 1.82) is 0 Å². The Hall–Kier alpha value is -3.09. The van der Waals surface area contributed by atoms with Crippen LogP contribution < -0.4 is 10.9 Å². The molecule has 0 bridgehead atoms. The van der Waals surface area contributed by atoms with Crippen molar-refractivity contribution in [3.8, 4) is 0 Å². The SMILES string of the molecule is CC[C@@H](NC(=O)Cc1c(C)c2c(cc(C)c3c(C)c(C)oc32)oc1=O)C(=O)O. The summed E-state index contributed by atoms with van der Waals surface area (Å²) in [7, 11) is 0. The fourth-order valence-electron chi connectivity index (χ4n) is 3.58. The Kier molecular flexibility index (Phi) is 5.02. The summed E-state index contributed by atoms with van der Waals surface area (Å²) in [6.07, 6.45) is -0.0147. The van der Waals surface area contributed by atoms with E-state index in [0.29, 0.717) is 22.1 Å². The van der Waals surface area contributed by atoms with Crippen LogP contribution in [-0.2, 0) is 16.0 Å². The number of carboxylic acid groups (broad SMARTS) is 1. The summed E-state index contributed by atoms with van der Waals surface area (Å²) >= 11 is 0. The van der Waals surface area contributed by atoms with E-state index in [2.05, 4.69) is 5.32 Å². The fourth-order valence-corrected chi connectivity index (χ4v) is 3.58. The molecule has 1 atom stereocenters. The Balaban J connectivity index is 2.14. The van der Waals surface area contributed by atoms with Crippen LogP contribution in [0.2, 0.25) is 0 Å².